The van der Waals surface area contributed by atoms with Crippen LogP contribution in [0.3, 0.4) is 0 Å². The molecule has 6 heteroatoms. The maximum atomic E-state index is 4.24. The van der Waals surface area contributed by atoms with Gasteiger partial charge in [0, 0.05) is 25.9 Å². The molecule has 0 atom stereocenters. The molecule has 1 heterocycles. The van der Waals surface area contributed by atoms with Gasteiger partial charge in [-0.05, 0) is 51.1 Å². The fraction of sp³-hybridized carbons (Fsp3) is 0.929. The van der Waals surface area contributed by atoms with E-state index in [2.05, 4.69) is 33.7 Å². The Labute approximate surface area is 145 Å². The number of nitrogens with zero attached hydrogens (tertiary/aromatic N) is 2. The summed E-state index contributed by atoms with van der Waals surface area (Å²) in [4.78, 5) is 6.79. The van der Waals surface area contributed by atoms with Crippen molar-refractivity contribution in [3.63, 3.8) is 0 Å². The van der Waals surface area contributed by atoms with E-state index in [1.54, 1.807) is 0 Å². The predicted molar refractivity (Wildman–Crippen MR) is 103 cm³/mol. The second kappa shape index (κ2) is 13.0. The summed E-state index contributed by atoms with van der Waals surface area (Å²) in [5.74, 6) is 2.95. The quantitative estimate of drug-likeness (QED) is 0.290. The van der Waals surface area contributed by atoms with Gasteiger partial charge in [0.25, 0.3) is 0 Å². The van der Waals surface area contributed by atoms with Gasteiger partial charge in [0.1, 0.15) is 0 Å². The second-order valence-corrected chi connectivity index (χ2v) is 6.07. The highest BCUT2D eigenvalue weighted by atomic mass is 127. The third-order valence-corrected chi connectivity index (χ3v) is 4.43. The van der Waals surface area contributed by atoms with Crippen molar-refractivity contribution in [3.8, 4) is 0 Å². The Bertz CT molecular complexity index is 256. The Morgan fingerprint density at radius 1 is 1.25 bits per heavy atom. The molecule has 1 fully saturated rings. The minimum absolute atomic E-state index is 0. The topological polar surface area (TPSA) is 39.7 Å². The normalized spacial score (nSPS) is 17.6. The molecule has 0 aromatic heterocycles. The maximum absolute atomic E-state index is 4.24. The summed E-state index contributed by atoms with van der Waals surface area (Å²) in [5.41, 5.74) is 0. The number of hydrogen-bond donors (Lipinski definition) is 2. The highest BCUT2D eigenvalue weighted by Gasteiger charge is 2.17. The van der Waals surface area contributed by atoms with Gasteiger partial charge in [0.05, 0.1) is 0 Å². The molecule has 1 aliphatic heterocycles. The molecule has 120 valence electrons. The molecule has 0 radical (unpaired) electrons. The Morgan fingerprint density at radius 2 is 1.90 bits per heavy atom. The molecule has 1 aliphatic rings. The van der Waals surface area contributed by atoms with Gasteiger partial charge in [-0.1, -0.05) is 6.92 Å². The number of thioether (sulfide) groups is 1. The standard InChI is InChI=1S/C14H30N4S.HI/c1-4-18-10-6-13(7-11-18)5-8-16-14(15-2)17-9-12-19-3;/h13H,4-12H2,1-3H3,(H2,15,16,17);1H. The Morgan fingerprint density at radius 3 is 2.45 bits per heavy atom. The van der Waals surface area contributed by atoms with Gasteiger partial charge in [-0.3, -0.25) is 4.99 Å². The van der Waals surface area contributed by atoms with E-state index in [1.807, 2.05) is 18.8 Å². The zero-order valence-corrected chi connectivity index (χ0v) is 16.3. The second-order valence-electron chi connectivity index (χ2n) is 5.08. The highest BCUT2D eigenvalue weighted by molar-refractivity contribution is 14.0. The molecular weight excluding hydrogens is 383 g/mol. The Kier molecular flexibility index (Phi) is 13.2. The molecule has 0 aliphatic carbocycles. The Balaban J connectivity index is 0.00000361. The van der Waals surface area contributed by atoms with Crippen LogP contribution in [-0.4, -0.2) is 62.6 Å². The molecule has 0 spiro atoms. The first kappa shape index (κ1) is 20.3. The first-order valence-electron chi connectivity index (χ1n) is 7.46. The zero-order chi connectivity index (χ0) is 13.9. The van der Waals surface area contributed by atoms with Crippen LogP contribution >= 0.6 is 35.7 Å². The summed E-state index contributed by atoms with van der Waals surface area (Å²) in [6, 6.07) is 0. The molecule has 20 heavy (non-hydrogen) atoms. The van der Waals surface area contributed by atoms with E-state index in [0.29, 0.717) is 0 Å². The van der Waals surface area contributed by atoms with E-state index in [0.717, 1.165) is 30.7 Å². The molecule has 0 aromatic rings. The molecule has 0 aromatic carbocycles. The lowest BCUT2D eigenvalue weighted by atomic mass is 9.93. The molecule has 0 saturated carbocycles. The van der Waals surface area contributed by atoms with E-state index in [9.17, 15) is 0 Å². The summed E-state index contributed by atoms with van der Waals surface area (Å²) in [5, 5.41) is 6.75. The molecule has 2 N–H and O–H groups in total. The van der Waals surface area contributed by atoms with Gasteiger partial charge in [-0.15, -0.1) is 24.0 Å². The SMILES string of the molecule is CCN1CCC(CCNC(=NC)NCCSC)CC1.I. The van der Waals surface area contributed by atoms with E-state index in [-0.39, 0.29) is 24.0 Å². The van der Waals surface area contributed by atoms with Gasteiger partial charge in [0.15, 0.2) is 5.96 Å². The van der Waals surface area contributed by atoms with Crippen molar-refractivity contribution in [1.29, 1.82) is 0 Å². The molecular formula is C14H31IN4S. The van der Waals surface area contributed by atoms with Crippen molar-refractivity contribution in [2.45, 2.75) is 26.2 Å². The van der Waals surface area contributed by atoms with E-state index >= 15 is 0 Å². The van der Waals surface area contributed by atoms with Crippen LogP contribution in [0, 0.1) is 5.92 Å². The van der Waals surface area contributed by atoms with Crippen LogP contribution in [0.1, 0.15) is 26.2 Å². The number of halogens is 1. The monoisotopic (exact) mass is 414 g/mol. The number of hydrogen-bond acceptors (Lipinski definition) is 3. The van der Waals surface area contributed by atoms with Gasteiger partial charge < -0.3 is 15.5 Å². The number of piperidine rings is 1. The molecule has 0 amide bonds. The van der Waals surface area contributed by atoms with Crippen molar-refractivity contribution >= 4 is 41.7 Å². The number of rotatable bonds is 7. The van der Waals surface area contributed by atoms with Crippen LogP contribution < -0.4 is 10.6 Å². The number of guanidine groups is 1. The average molecular weight is 414 g/mol. The zero-order valence-electron chi connectivity index (χ0n) is 13.2. The van der Waals surface area contributed by atoms with E-state index in [1.165, 1.54) is 38.9 Å². The number of aliphatic imine (C=N–C) groups is 1. The maximum Gasteiger partial charge on any atom is 0.191 e. The van der Waals surface area contributed by atoms with Crippen LogP contribution in [0.25, 0.3) is 0 Å². The largest absolute Gasteiger partial charge is 0.356 e. The fourth-order valence-corrected chi connectivity index (χ4v) is 2.78. The van der Waals surface area contributed by atoms with Gasteiger partial charge in [0.2, 0.25) is 0 Å². The van der Waals surface area contributed by atoms with Gasteiger partial charge in [-0.25, -0.2) is 0 Å². The third-order valence-electron chi connectivity index (χ3n) is 3.82. The lowest BCUT2D eigenvalue weighted by Gasteiger charge is -2.31. The van der Waals surface area contributed by atoms with Crippen LogP contribution in [-0.2, 0) is 0 Å². The van der Waals surface area contributed by atoms with Gasteiger partial charge >= 0.3 is 0 Å². The van der Waals surface area contributed by atoms with Crippen molar-refractivity contribution in [2.75, 3.05) is 51.8 Å². The van der Waals surface area contributed by atoms with Crippen molar-refractivity contribution in [1.82, 2.24) is 15.5 Å². The first-order valence-corrected chi connectivity index (χ1v) is 8.85. The minimum atomic E-state index is 0. The lowest BCUT2D eigenvalue weighted by molar-refractivity contribution is 0.187. The smallest absolute Gasteiger partial charge is 0.191 e. The summed E-state index contributed by atoms with van der Waals surface area (Å²) in [6.07, 6.45) is 6.10. The van der Waals surface area contributed by atoms with E-state index < -0.39 is 0 Å². The molecule has 0 unspecified atom stereocenters. The first-order chi connectivity index (χ1) is 9.30. The summed E-state index contributed by atoms with van der Waals surface area (Å²) >= 11 is 1.85. The van der Waals surface area contributed by atoms with Crippen molar-refractivity contribution < 1.29 is 0 Å². The third kappa shape index (κ3) is 8.56. The van der Waals surface area contributed by atoms with Crippen LogP contribution in [0.15, 0.2) is 4.99 Å². The number of likely N-dealkylation sites (tertiary alicyclic amines) is 1. The van der Waals surface area contributed by atoms with Gasteiger partial charge in [-0.2, -0.15) is 11.8 Å². The summed E-state index contributed by atoms with van der Waals surface area (Å²) in [6.45, 7) is 8.04. The molecule has 1 rings (SSSR count). The fourth-order valence-electron chi connectivity index (χ4n) is 2.48. The Hall–Kier alpha value is 0.310. The van der Waals surface area contributed by atoms with E-state index in [4.69, 9.17) is 0 Å². The average Bonchev–Trinajstić information content (AvgIpc) is 2.46. The number of nitrogens with one attached hydrogen (secondary N) is 2. The predicted octanol–water partition coefficient (Wildman–Crippen LogP) is 2.25. The van der Waals surface area contributed by atoms with Crippen molar-refractivity contribution in [3.05, 3.63) is 0 Å². The minimum Gasteiger partial charge on any atom is -0.356 e. The summed E-state index contributed by atoms with van der Waals surface area (Å²) in [7, 11) is 1.84. The highest BCUT2D eigenvalue weighted by Crippen LogP contribution is 2.19. The molecule has 0 bridgehead atoms. The lowest BCUT2D eigenvalue weighted by Crippen LogP contribution is -2.40. The molecule has 4 nitrogen and oxygen atoms in total. The molecule has 1 saturated heterocycles. The summed E-state index contributed by atoms with van der Waals surface area (Å²) < 4.78 is 0. The van der Waals surface area contributed by atoms with Crippen molar-refractivity contribution in [2.24, 2.45) is 10.9 Å². The van der Waals surface area contributed by atoms with Crippen LogP contribution in [0.2, 0.25) is 0 Å². The van der Waals surface area contributed by atoms with Crippen LogP contribution in [0.5, 0.6) is 0 Å². The van der Waals surface area contributed by atoms with Crippen LogP contribution in [0.4, 0.5) is 0 Å².